The molecule has 0 bridgehead atoms. The summed E-state index contributed by atoms with van der Waals surface area (Å²) in [4.78, 5) is 23.7. The fourth-order valence-electron chi connectivity index (χ4n) is 2.17. The van der Waals surface area contributed by atoms with Gasteiger partial charge in [0.05, 0.1) is 0 Å². The maximum atomic E-state index is 12.5. The molecule has 0 saturated heterocycles. The maximum absolute atomic E-state index is 12.5. The Morgan fingerprint density at radius 3 is 2.59 bits per heavy atom. The molecule has 0 fully saturated rings. The smallest absolute Gasteiger partial charge is 0.347 e. The van der Waals surface area contributed by atoms with Crippen LogP contribution in [0.15, 0.2) is 41.7 Å². The van der Waals surface area contributed by atoms with E-state index in [0.29, 0.717) is 16.4 Å². The molecule has 1 atom stereocenters. The molecule has 116 valence electrons. The van der Waals surface area contributed by atoms with Gasteiger partial charge in [0.15, 0.2) is 11.9 Å². The number of nitrogens with zero attached hydrogens (tertiary/aromatic N) is 3. The molecule has 0 aliphatic heterocycles. The minimum Gasteiger partial charge on any atom is -0.480 e. The van der Waals surface area contributed by atoms with Crippen LogP contribution in [0.2, 0.25) is 5.02 Å². The standard InChI is InChI=1S/C15H16ClN3O3/c1-3-9-18-13(10-5-7-11(16)8-6-10)17-19(15(18)22)12(4-2)14(20)21/h3,5-8,12H,1,4,9H2,2H3,(H,20,21). The molecule has 7 heteroatoms. The van der Waals surface area contributed by atoms with Crippen LogP contribution >= 0.6 is 11.6 Å². The zero-order valence-electron chi connectivity index (χ0n) is 12.1. The largest absolute Gasteiger partial charge is 0.480 e. The lowest BCUT2D eigenvalue weighted by atomic mass is 10.2. The van der Waals surface area contributed by atoms with E-state index >= 15 is 0 Å². The molecule has 22 heavy (non-hydrogen) atoms. The van der Waals surface area contributed by atoms with Gasteiger partial charge in [-0.15, -0.1) is 11.7 Å². The number of carboxylic acids is 1. The third kappa shape index (κ3) is 2.96. The first kappa shape index (κ1) is 16.0. The number of aliphatic carboxylic acids is 1. The van der Waals surface area contributed by atoms with Gasteiger partial charge in [0.1, 0.15) is 0 Å². The number of aromatic nitrogens is 3. The predicted octanol–water partition coefficient (Wildman–Crippen LogP) is 2.59. The van der Waals surface area contributed by atoms with E-state index in [0.717, 1.165) is 4.68 Å². The van der Waals surface area contributed by atoms with E-state index in [1.165, 1.54) is 4.57 Å². The fourth-order valence-corrected chi connectivity index (χ4v) is 2.30. The molecular weight excluding hydrogens is 306 g/mol. The van der Waals surface area contributed by atoms with Gasteiger partial charge in [0, 0.05) is 17.1 Å². The average molecular weight is 322 g/mol. The lowest BCUT2D eigenvalue weighted by molar-refractivity contribution is -0.141. The number of carbonyl (C=O) groups is 1. The van der Waals surface area contributed by atoms with Crippen molar-refractivity contribution in [2.24, 2.45) is 0 Å². The van der Waals surface area contributed by atoms with Crippen molar-refractivity contribution in [2.45, 2.75) is 25.9 Å². The molecule has 1 heterocycles. The topological polar surface area (TPSA) is 77.1 Å². The molecule has 0 spiro atoms. The van der Waals surface area contributed by atoms with Crippen molar-refractivity contribution in [3.63, 3.8) is 0 Å². The van der Waals surface area contributed by atoms with Crippen molar-refractivity contribution in [3.8, 4) is 11.4 Å². The van der Waals surface area contributed by atoms with Crippen LogP contribution in [0.1, 0.15) is 19.4 Å². The number of halogens is 1. The molecule has 1 aromatic carbocycles. The SMILES string of the molecule is C=CCn1c(-c2ccc(Cl)cc2)nn(C(CC)C(=O)O)c1=O. The van der Waals surface area contributed by atoms with Crippen LogP contribution in [-0.4, -0.2) is 25.4 Å². The Hall–Kier alpha value is -2.34. The summed E-state index contributed by atoms with van der Waals surface area (Å²) in [7, 11) is 0. The van der Waals surface area contributed by atoms with Crippen LogP contribution in [0, 0.1) is 0 Å². The van der Waals surface area contributed by atoms with Crippen molar-refractivity contribution < 1.29 is 9.90 Å². The second-order valence-corrected chi connectivity index (χ2v) is 5.16. The molecule has 0 saturated carbocycles. The zero-order valence-corrected chi connectivity index (χ0v) is 12.8. The fraction of sp³-hybridized carbons (Fsp3) is 0.267. The van der Waals surface area contributed by atoms with Crippen molar-refractivity contribution >= 4 is 17.6 Å². The third-order valence-corrected chi connectivity index (χ3v) is 3.52. The lowest BCUT2D eigenvalue weighted by Crippen LogP contribution is -2.31. The molecule has 0 radical (unpaired) electrons. The minimum absolute atomic E-state index is 0.243. The number of hydrogen-bond acceptors (Lipinski definition) is 3. The van der Waals surface area contributed by atoms with E-state index < -0.39 is 17.7 Å². The highest BCUT2D eigenvalue weighted by Crippen LogP contribution is 2.20. The van der Waals surface area contributed by atoms with E-state index in [2.05, 4.69) is 11.7 Å². The van der Waals surface area contributed by atoms with Crippen LogP contribution in [0.3, 0.4) is 0 Å². The van der Waals surface area contributed by atoms with Gasteiger partial charge in [-0.05, 0) is 30.7 Å². The molecule has 0 aliphatic carbocycles. The Labute approximate surface area is 132 Å². The zero-order chi connectivity index (χ0) is 16.3. The van der Waals surface area contributed by atoms with Crippen molar-refractivity contribution in [3.05, 3.63) is 52.4 Å². The number of allylic oxidation sites excluding steroid dienone is 1. The highest BCUT2D eigenvalue weighted by atomic mass is 35.5. The summed E-state index contributed by atoms with van der Waals surface area (Å²) in [5.74, 6) is -0.697. The normalized spacial score (nSPS) is 12.1. The molecule has 1 aromatic heterocycles. The number of rotatable bonds is 6. The van der Waals surface area contributed by atoms with Gasteiger partial charge in [0.25, 0.3) is 0 Å². The average Bonchev–Trinajstić information content (AvgIpc) is 2.79. The first-order chi connectivity index (χ1) is 10.5. The van der Waals surface area contributed by atoms with Gasteiger partial charge in [-0.1, -0.05) is 24.6 Å². The summed E-state index contributed by atoms with van der Waals surface area (Å²) in [6.45, 7) is 5.56. The second-order valence-electron chi connectivity index (χ2n) is 4.72. The van der Waals surface area contributed by atoms with E-state index in [9.17, 15) is 14.7 Å². The highest BCUT2D eigenvalue weighted by Gasteiger charge is 2.24. The summed E-state index contributed by atoms with van der Waals surface area (Å²) in [6.07, 6.45) is 1.83. The molecule has 6 nitrogen and oxygen atoms in total. The first-order valence-electron chi connectivity index (χ1n) is 6.78. The van der Waals surface area contributed by atoms with Gasteiger partial charge in [-0.3, -0.25) is 4.57 Å². The summed E-state index contributed by atoms with van der Waals surface area (Å²) in [6, 6.07) is 5.84. The molecule has 2 aromatic rings. The summed E-state index contributed by atoms with van der Waals surface area (Å²) < 4.78 is 2.40. The van der Waals surface area contributed by atoms with Crippen LogP contribution in [0.5, 0.6) is 0 Å². The van der Waals surface area contributed by atoms with Crippen LogP contribution in [0.4, 0.5) is 0 Å². The molecule has 0 amide bonds. The number of benzene rings is 1. The summed E-state index contributed by atoms with van der Waals surface area (Å²) in [5.41, 5.74) is 0.210. The van der Waals surface area contributed by atoms with Crippen molar-refractivity contribution in [1.29, 1.82) is 0 Å². The second kappa shape index (κ2) is 6.62. The van der Waals surface area contributed by atoms with Gasteiger partial charge in [0.2, 0.25) is 0 Å². The quantitative estimate of drug-likeness (QED) is 0.830. The monoisotopic (exact) mass is 321 g/mol. The van der Waals surface area contributed by atoms with Crippen LogP contribution in [0.25, 0.3) is 11.4 Å². The van der Waals surface area contributed by atoms with E-state index in [4.69, 9.17) is 11.6 Å². The van der Waals surface area contributed by atoms with Crippen LogP contribution in [-0.2, 0) is 11.3 Å². The van der Waals surface area contributed by atoms with Gasteiger partial charge < -0.3 is 5.11 Å². The summed E-state index contributed by atoms with van der Waals surface area (Å²) >= 11 is 5.86. The predicted molar refractivity (Wildman–Crippen MR) is 84.1 cm³/mol. The lowest BCUT2D eigenvalue weighted by Gasteiger charge is -2.07. The Bertz CT molecular complexity index is 746. The Balaban J connectivity index is 2.63. The molecule has 1 unspecified atom stereocenters. The van der Waals surface area contributed by atoms with Gasteiger partial charge in [-0.25, -0.2) is 9.59 Å². The number of carboxylic acid groups (broad SMARTS) is 1. The van der Waals surface area contributed by atoms with E-state index in [1.807, 2.05) is 0 Å². The third-order valence-electron chi connectivity index (χ3n) is 3.27. The maximum Gasteiger partial charge on any atom is 0.347 e. The first-order valence-corrected chi connectivity index (χ1v) is 7.16. The van der Waals surface area contributed by atoms with E-state index in [-0.39, 0.29) is 13.0 Å². The Kier molecular flexibility index (Phi) is 4.82. The van der Waals surface area contributed by atoms with Crippen LogP contribution < -0.4 is 5.69 Å². The Morgan fingerprint density at radius 2 is 2.09 bits per heavy atom. The molecule has 0 aliphatic rings. The molecule has 2 rings (SSSR count). The molecule has 1 N–H and O–H groups in total. The Morgan fingerprint density at radius 1 is 1.45 bits per heavy atom. The van der Waals surface area contributed by atoms with E-state index in [1.54, 1.807) is 37.3 Å². The number of hydrogen-bond donors (Lipinski definition) is 1. The van der Waals surface area contributed by atoms with Gasteiger partial charge in [-0.2, -0.15) is 4.68 Å². The van der Waals surface area contributed by atoms with Crippen molar-refractivity contribution in [2.75, 3.05) is 0 Å². The highest BCUT2D eigenvalue weighted by molar-refractivity contribution is 6.30. The van der Waals surface area contributed by atoms with Gasteiger partial charge >= 0.3 is 11.7 Å². The minimum atomic E-state index is -1.09. The summed E-state index contributed by atoms with van der Waals surface area (Å²) in [5, 5.41) is 14.0. The molecular formula is C15H16ClN3O3. The van der Waals surface area contributed by atoms with Crippen molar-refractivity contribution in [1.82, 2.24) is 14.3 Å².